The Morgan fingerprint density at radius 1 is 1.00 bits per heavy atom. The molecule has 0 saturated carbocycles. The molecule has 10 heteroatoms. The van der Waals surface area contributed by atoms with Crippen LogP contribution in [0.3, 0.4) is 0 Å². The van der Waals surface area contributed by atoms with E-state index < -0.39 is 50.0 Å². The van der Waals surface area contributed by atoms with Gasteiger partial charge in [-0.3, -0.25) is 0 Å². The monoisotopic (exact) mass is 418 g/mol. The predicted molar refractivity (Wildman–Crippen MR) is 99.0 cm³/mol. The van der Waals surface area contributed by atoms with Crippen LogP contribution in [0.5, 0.6) is 5.75 Å². The van der Waals surface area contributed by atoms with Crippen molar-refractivity contribution in [2.24, 2.45) is 0 Å². The highest BCUT2D eigenvalue weighted by Gasteiger charge is 2.44. The van der Waals surface area contributed by atoms with Crippen molar-refractivity contribution in [3.8, 4) is 5.75 Å². The molecule has 0 aliphatic carbocycles. The second kappa shape index (κ2) is 11.7. The lowest BCUT2D eigenvalue weighted by atomic mass is 9.99. The van der Waals surface area contributed by atoms with Gasteiger partial charge in [0.2, 0.25) is 0 Å². The first-order valence-electron chi connectivity index (χ1n) is 9.48. The maximum Gasteiger partial charge on any atom is 0.186 e. The van der Waals surface area contributed by atoms with Crippen LogP contribution in [-0.4, -0.2) is 99.0 Å². The molecule has 166 valence electrons. The zero-order valence-electron chi connectivity index (χ0n) is 16.0. The number of aryl methyl sites for hydroxylation is 1. The molecule has 0 bridgehead atoms. The molecule has 29 heavy (non-hydrogen) atoms. The summed E-state index contributed by atoms with van der Waals surface area (Å²) >= 11 is 0. The molecule has 1 aromatic carbocycles. The smallest absolute Gasteiger partial charge is 0.186 e. The Labute approximate surface area is 168 Å². The third kappa shape index (κ3) is 6.32. The number of aliphatic hydroxyl groups excluding tert-OH is 7. The fraction of sp³-hybridized carbons (Fsp3) is 0.684. The fourth-order valence-corrected chi connectivity index (χ4v) is 3.02. The number of rotatable bonds is 11. The van der Waals surface area contributed by atoms with Crippen LogP contribution in [0, 0.1) is 0 Å². The number of hydrogen-bond donors (Lipinski definition) is 7. The summed E-state index contributed by atoms with van der Waals surface area (Å²) in [6.45, 7) is -1.46. The van der Waals surface area contributed by atoms with Crippen LogP contribution >= 0.6 is 0 Å². The summed E-state index contributed by atoms with van der Waals surface area (Å²) in [7, 11) is 0. The van der Waals surface area contributed by atoms with Crippen LogP contribution in [0.2, 0.25) is 0 Å². The lowest BCUT2D eigenvalue weighted by Gasteiger charge is -2.39. The molecule has 0 spiro atoms. The SMILES string of the molecule is OCCCc1ccc(OC(CO)COC2OC(CO)C(O)C(O)C2O)c(CO)c1. The van der Waals surface area contributed by atoms with Crippen molar-refractivity contribution in [3.05, 3.63) is 29.3 Å². The Balaban J connectivity index is 1.98. The largest absolute Gasteiger partial charge is 0.485 e. The van der Waals surface area contributed by atoms with Gasteiger partial charge in [0.1, 0.15) is 36.3 Å². The molecule has 7 N–H and O–H groups in total. The zero-order valence-corrected chi connectivity index (χ0v) is 16.0. The predicted octanol–water partition coefficient (Wildman–Crippen LogP) is -2.34. The van der Waals surface area contributed by atoms with Gasteiger partial charge in [0.05, 0.1) is 26.4 Å². The normalized spacial score (nSPS) is 28.3. The zero-order chi connectivity index (χ0) is 21.4. The van der Waals surface area contributed by atoms with Gasteiger partial charge in [-0.2, -0.15) is 0 Å². The molecule has 1 aliphatic rings. The molecule has 10 nitrogen and oxygen atoms in total. The standard InChI is InChI=1S/C19H30O10/c20-5-1-2-11-3-4-14(12(6-11)7-21)28-13(8-22)10-27-19-18(26)17(25)16(24)15(9-23)29-19/h3-4,6,13,15-26H,1-2,5,7-10H2. The Kier molecular flexibility index (Phi) is 9.69. The first-order valence-corrected chi connectivity index (χ1v) is 9.48. The fourth-order valence-electron chi connectivity index (χ4n) is 3.02. The van der Waals surface area contributed by atoms with Crippen LogP contribution in [0.25, 0.3) is 0 Å². The molecular formula is C19H30O10. The van der Waals surface area contributed by atoms with Gasteiger partial charge in [0, 0.05) is 12.2 Å². The minimum atomic E-state index is -1.56. The molecule has 0 aromatic heterocycles. The van der Waals surface area contributed by atoms with Gasteiger partial charge in [-0.1, -0.05) is 6.07 Å². The van der Waals surface area contributed by atoms with Crippen molar-refractivity contribution < 1.29 is 50.0 Å². The summed E-state index contributed by atoms with van der Waals surface area (Å²) < 4.78 is 16.3. The number of ether oxygens (including phenoxy) is 3. The topological polar surface area (TPSA) is 169 Å². The van der Waals surface area contributed by atoms with E-state index in [4.69, 9.17) is 19.3 Å². The van der Waals surface area contributed by atoms with Crippen molar-refractivity contribution in [1.29, 1.82) is 0 Å². The number of hydrogen-bond acceptors (Lipinski definition) is 10. The third-order valence-corrected chi connectivity index (χ3v) is 4.71. The van der Waals surface area contributed by atoms with Crippen LogP contribution in [-0.2, 0) is 22.5 Å². The van der Waals surface area contributed by atoms with E-state index in [2.05, 4.69) is 0 Å². The van der Waals surface area contributed by atoms with E-state index in [9.17, 15) is 30.6 Å². The highest BCUT2D eigenvalue weighted by Crippen LogP contribution is 2.24. The molecule has 6 atom stereocenters. The highest BCUT2D eigenvalue weighted by molar-refractivity contribution is 5.37. The van der Waals surface area contributed by atoms with Crippen molar-refractivity contribution >= 4 is 0 Å². The van der Waals surface area contributed by atoms with E-state index in [0.717, 1.165) is 5.56 Å². The van der Waals surface area contributed by atoms with Crippen molar-refractivity contribution in [2.75, 3.05) is 26.4 Å². The summed E-state index contributed by atoms with van der Waals surface area (Å²) in [5, 5.41) is 66.8. The summed E-state index contributed by atoms with van der Waals surface area (Å²) in [6, 6.07) is 5.18. The van der Waals surface area contributed by atoms with E-state index in [1.807, 2.05) is 0 Å². The van der Waals surface area contributed by atoms with Gasteiger partial charge in [0.25, 0.3) is 0 Å². The molecule has 0 amide bonds. The maximum atomic E-state index is 9.98. The lowest BCUT2D eigenvalue weighted by molar-refractivity contribution is -0.304. The molecule has 1 aliphatic heterocycles. The van der Waals surface area contributed by atoms with E-state index in [0.29, 0.717) is 24.2 Å². The van der Waals surface area contributed by atoms with E-state index in [1.54, 1.807) is 18.2 Å². The van der Waals surface area contributed by atoms with Gasteiger partial charge in [-0.25, -0.2) is 0 Å². The summed E-state index contributed by atoms with van der Waals surface area (Å²) in [5.74, 6) is 0.344. The quantitative estimate of drug-likeness (QED) is 0.207. The molecule has 1 heterocycles. The number of aliphatic hydroxyl groups is 7. The number of benzene rings is 1. The molecule has 0 radical (unpaired) electrons. The van der Waals surface area contributed by atoms with Crippen molar-refractivity contribution in [3.63, 3.8) is 0 Å². The Morgan fingerprint density at radius 2 is 1.76 bits per heavy atom. The first kappa shape index (κ1) is 23.9. The summed E-state index contributed by atoms with van der Waals surface area (Å²) in [5.41, 5.74) is 1.43. The molecular weight excluding hydrogens is 388 g/mol. The van der Waals surface area contributed by atoms with E-state index >= 15 is 0 Å². The molecule has 2 rings (SSSR count). The molecule has 1 saturated heterocycles. The Morgan fingerprint density at radius 3 is 2.38 bits per heavy atom. The minimum Gasteiger partial charge on any atom is -0.485 e. The average molecular weight is 418 g/mol. The highest BCUT2D eigenvalue weighted by atomic mass is 16.7. The minimum absolute atomic E-state index is 0.0641. The van der Waals surface area contributed by atoms with Crippen LogP contribution in [0.4, 0.5) is 0 Å². The van der Waals surface area contributed by atoms with E-state index in [1.165, 1.54) is 0 Å². The molecule has 1 aromatic rings. The van der Waals surface area contributed by atoms with Crippen LogP contribution in [0.15, 0.2) is 18.2 Å². The molecule has 1 fully saturated rings. The van der Waals surface area contributed by atoms with Gasteiger partial charge in [0.15, 0.2) is 6.29 Å². The summed E-state index contributed by atoms with van der Waals surface area (Å²) in [4.78, 5) is 0. The average Bonchev–Trinajstić information content (AvgIpc) is 2.75. The van der Waals surface area contributed by atoms with Crippen molar-refractivity contribution in [1.82, 2.24) is 0 Å². The van der Waals surface area contributed by atoms with Gasteiger partial charge in [-0.15, -0.1) is 0 Å². The summed E-state index contributed by atoms with van der Waals surface area (Å²) in [6.07, 6.45) is -6.66. The Hall–Kier alpha value is -1.34. The van der Waals surface area contributed by atoms with E-state index in [-0.39, 0.29) is 19.8 Å². The lowest BCUT2D eigenvalue weighted by Crippen LogP contribution is -2.59. The van der Waals surface area contributed by atoms with Crippen molar-refractivity contribution in [2.45, 2.75) is 56.3 Å². The molecule has 6 unspecified atom stereocenters. The van der Waals surface area contributed by atoms with Crippen LogP contribution < -0.4 is 4.74 Å². The van der Waals surface area contributed by atoms with Gasteiger partial charge < -0.3 is 50.0 Å². The van der Waals surface area contributed by atoms with Gasteiger partial charge >= 0.3 is 0 Å². The maximum absolute atomic E-state index is 9.98. The first-order chi connectivity index (χ1) is 13.9. The Bertz CT molecular complexity index is 611. The van der Waals surface area contributed by atoms with Gasteiger partial charge in [-0.05, 0) is 30.5 Å². The third-order valence-electron chi connectivity index (χ3n) is 4.71. The second-order valence-electron chi connectivity index (χ2n) is 6.88. The van der Waals surface area contributed by atoms with Crippen LogP contribution in [0.1, 0.15) is 17.5 Å². The second-order valence-corrected chi connectivity index (χ2v) is 6.88.